The molecule has 1 aromatic carbocycles. The number of hydrogen-bond acceptors (Lipinski definition) is 6. The molecule has 9 heteroatoms. The number of likely N-dealkylation sites (N-methyl/N-ethyl adjacent to an activating group) is 1. The van der Waals surface area contributed by atoms with Crippen LogP contribution in [0.4, 0.5) is 10.8 Å². The van der Waals surface area contributed by atoms with E-state index in [9.17, 15) is 10.1 Å². The maximum Gasteiger partial charge on any atom is 0.270 e. The minimum Gasteiger partial charge on any atom is -0.361 e. The highest BCUT2D eigenvalue weighted by Gasteiger charge is 2.10. The van der Waals surface area contributed by atoms with E-state index in [2.05, 4.69) is 15.6 Å². The summed E-state index contributed by atoms with van der Waals surface area (Å²) in [5, 5.41) is 17.9. The molecule has 0 radical (unpaired) electrons. The monoisotopic (exact) mass is 325 g/mol. The van der Waals surface area contributed by atoms with E-state index >= 15 is 0 Å². The number of nitro groups is 1. The molecule has 21 heavy (non-hydrogen) atoms. The summed E-state index contributed by atoms with van der Waals surface area (Å²) in [6, 6.07) is 4.60. The molecule has 0 saturated heterocycles. The quantitative estimate of drug-likeness (QED) is 0.494. The lowest BCUT2D eigenvalue weighted by Gasteiger charge is -2.11. The van der Waals surface area contributed by atoms with Gasteiger partial charge in [-0.25, -0.2) is 4.98 Å². The van der Waals surface area contributed by atoms with Crippen LogP contribution >= 0.6 is 23.6 Å². The number of aromatic nitrogens is 1. The van der Waals surface area contributed by atoms with Gasteiger partial charge in [-0.3, -0.25) is 10.1 Å². The molecule has 0 aliphatic carbocycles. The van der Waals surface area contributed by atoms with Gasteiger partial charge in [-0.1, -0.05) is 11.3 Å². The van der Waals surface area contributed by atoms with Crippen molar-refractivity contribution in [1.82, 2.24) is 15.2 Å². The standard InChI is InChI=1S/C12H15N5O2S2/c1-16(2)6-5-13-11(20)15-12-14-9-4-3-8(17(18)19)7-10(9)21-12/h3-4,7H,5-6H2,1-2H3,(H2,13,14,15,20). The smallest absolute Gasteiger partial charge is 0.270 e. The lowest BCUT2D eigenvalue weighted by atomic mass is 10.3. The molecule has 112 valence electrons. The Hall–Kier alpha value is -1.84. The average Bonchev–Trinajstić information content (AvgIpc) is 2.78. The molecule has 2 rings (SSSR count). The summed E-state index contributed by atoms with van der Waals surface area (Å²) in [6.07, 6.45) is 0. The van der Waals surface area contributed by atoms with E-state index in [1.807, 2.05) is 19.0 Å². The minimum atomic E-state index is -0.417. The Labute approximate surface area is 131 Å². The summed E-state index contributed by atoms with van der Waals surface area (Å²) in [5.41, 5.74) is 0.772. The molecule has 1 heterocycles. The Bertz CT molecular complexity index is 671. The van der Waals surface area contributed by atoms with Gasteiger partial charge < -0.3 is 15.5 Å². The van der Waals surface area contributed by atoms with Crippen LogP contribution in [0, 0.1) is 10.1 Å². The minimum absolute atomic E-state index is 0.0596. The van der Waals surface area contributed by atoms with Crippen LogP contribution in [0.1, 0.15) is 0 Å². The van der Waals surface area contributed by atoms with Gasteiger partial charge in [-0.15, -0.1) is 0 Å². The number of non-ortho nitro benzene ring substituents is 1. The predicted octanol–water partition coefficient (Wildman–Crippen LogP) is 2.05. The first-order chi connectivity index (χ1) is 9.95. The van der Waals surface area contributed by atoms with Gasteiger partial charge in [0.1, 0.15) is 0 Å². The van der Waals surface area contributed by atoms with Crippen molar-refractivity contribution in [2.45, 2.75) is 0 Å². The van der Waals surface area contributed by atoms with Crippen molar-refractivity contribution in [3.8, 4) is 0 Å². The number of rotatable bonds is 5. The normalized spacial score (nSPS) is 10.8. The van der Waals surface area contributed by atoms with Crippen molar-refractivity contribution in [3.05, 3.63) is 28.3 Å². The second-order valence-electron chi connectivity index (χ2n) is 4.61. The van der Waals surface area contributed by atoms with Crippen molar-refractivity contribution in [2.24, 2.45) is 0 Å². The molecular weight excluding hydrogens is 310 g/mol. The Morgan fingerprint density at radius 2 is 2.29 bits per heavy atom. The molecule has 0 fully saturated rings. The molecule has 0 amide bonds. The second-order valence-corrected chi connectivity index (χ2v) is 6.05. The molecule has 0 aliphatic rings. The Morgan fingerprint density at radius 3 is 2.95 bits per heavy atom. The zero-order valence-electron chi connectivity index (χ0n) is 11.6. The van der Waals surface area contributed by atoms with Crippen LogP contribution in [0.25, 0.3) is 10.2 Å². The first-order valence-electron chi connectivity index (χ1n) is 6.20. The number of thiazole rings is 1. The first-order valence-corrected chi connectivity index (χ1v) is 7.43. The molecule has 2 N–H and O–H groups in total. The van der Waals surface area contributed by atoms with Crippen LogP contribution in [0.15, 0.2) is 18.2 Å². The number of hydrogen-bond donors (Lipinski definition) is 2. The van der Waals surface area contributed by atoms with E-state index in [0.717, 1.165) is 17.8 Å². The molecule has 0 unspecified atom stereocenters. The van der Waals surface area contributed by atoms with E-state index < -0.39 is 4.92 Å². The van der Waals surface area contributed by atoms with E-state index in [4.69, 9.17) is 12.2 Å². The third-order valence-electron chi connectivity index (χ3n) is 2.65. The molecule has 2 aromatic rings. The van der Waals surface area contributed by atoms with Crippen LogP contribution in [0.2, 0.25) is 0 Å². The second kappa shape index (κ2) is 6.74. The highest BCUT2D eigenvalue weighted by Crippen LogP contribution is 2.28. The highest BCUT2D eigenvalue weighted by atomic mass is 32.1. The lowest BCUT2D eigenvalue weighted by molar-refractivity contribution is -0.384. The number of nitrogens with zero attached hydrogens (tertiary/aromatic N) is 3. The fourth-order valence-electron chi connectivity index (χ4n) is 1.61. The van der Waals surface area contributed by atoms with Crippen LogP contribution in [0.5, 0.6) is 0 Å². The summed E-state index contributed by atoms with van der Waals surface area (Å²) < 4.78 is 0.753. The zero-order valence-corrected chi connectivity index (χ0v) is 13.3. The van der Waals surface area contributed by atoms with Crippen molar-refractivity contribution in [2.75, 3.05) is 32.5 Å². The fraction of sp³-hybridized carbons (Fsp3) is 0.333. The predicted molar refractivity (Wildman–Crippen MR) is 89.1 cm³/mol. The van der Waals surface area contributed by atoms with Crippen LogP contribution in [-0.4, -0.2) is 47.1 Å². The van der Waals surface area contributed by atoms with Gasteiger partial charge in [0.15, 0.2) is 10.2 Å². The SMILES string of the molecule is CN(C)CCNC(=S)Nc1nc2ccc([N+](=O)[O-])cc2s1. The summed E-state index contributed by atoms with van der Waals surface area (Å²) in [5.74, 6) is 0. The van der Waals surface area contributed by atoms with Gasteiger partial charge in [-0.2, -0.15) is 0 Å². The number of benzene rings is 1. The van der Waals surface area contributed by atoms with Crippen molar-refractivity contribution >= 4 is 49.7 Å². The molecular formula is C12H15N5O2S2. The Balaban J connectivity index is 2.02. The number of nitro benzene ring substituents is 1. The van der Waals surface area contributed by atoms with E-state index in [0.29, 0.717) is 15.8 Å². The molecule has 0 saturated carbocycles. The number of thiocarbonyl (C=S) groups is 1. The lowest BCUT2D eigenvalue weighted by Crippen LogP contribution is -2.34. The maximum atomic E-state index is 10.7. The maximum absolute atomic E-state index is 10.7. The van der Waals surface area contributed by atoms with Crippen molar-refractivity contribution < 1.29 is 4.92 Å². The van der Waals surface area contributed by atoms with Crippen LogP contribution in [0.3, 0.4) is 0 Å². The van der Waals surface area contributed by atoms with Gasteiger partial charge in [0.05, 0.1) is 15.1 Å². The van der Waals surface area contributed by atoms with Gasteiger partial charge in [0.25, 0.3) is 5.69 Å². The van der Waals surface area contributed by atoms with Gasteiger partial charge in [0.2, 0.25) is 0 Å². The third kappa shape index (κ3) is 4.31. The number of anilines is 1. The molecule has 1 aromatic heterocycles. The van der Waals surface area contributed by atoms with E-state index in [1.54, 1.807) is 6.07 Å². The molecule has 0 aliphatic heterocycles. The molecule has 0 bridgehead atoms. The first kappa shape index (κ1) is 15.5. The average molecular weight is 325 g/mol. The Kier molecular flexibility index (Phi) is 4.99. The summed E-state index contributed by atoms with van der Waals surface area (Å²) >= 11 is 6.51. The summed E-state index contributed by atoms with van der Waals surface area (Å²) in [7, 11) is 3.97. The molecule has 0 spiro atoms. The van der Waals surface area contributed by atoms with Crippen molar-refractivity contribution in [3.63, 3.8) is 0 Å². The van der Waals surface area contributed by atoms with Gasteiger partial charge >= 0.3 is 0 Å². The Morgan fingerprint density at radius 1 is 1.52 bits per heavy atom. The van der Waals surface area contributed by atoms with Gasteiger partial charge in [-0.05, 0) is 32.4 Å². The van der Waals surface area contributed by atoms with Crippen LogP contribution in [-0.2, 0) is 0 Å². The van der Waals surface area contributed by atoms with Crippen LogP contribution < -0.4 is 10.6 Å². The molecule has 0 atom stereocenters. The summed E-state index contributed by atoms with van der Waals surface area (Å²) in [4.78, 5) is 16.7. The largest absolute Gasteiger partial charge is 0.361 e. The van der Waals surface area contributed by atoms with E-state index in [-0.39, 0.29) is 5.69 Å². The van der Waals surface area contributed by atoms with Gasteiger partial charge in [0, 0.05) is 25.2 Å². The third-order valence-corrected chi connectivity index (χ3v) is 3.83. The topological polar surface area (TPSA) is 83.3 Å². The highest BCUT2D eigenvalue weighted by molar-refractivity contribution is 7.80. The van der Waals surface area contributed by atoms with Crippen molar-refractivity contribution in [1.29, 1.82) is 0 Å². The number of nitrogens with one attached hydrogen (secondary N) is 2. The summed E-state index contributed by atoms with van der Waals surface area (Å²) in [6.45, 7) is 1.60. The zero-order chi connectivity index (χ0) is 15.4. The molecule has 7 nitrogen and oxygen atoms in total. The fourth-order valence-corrected chi connectivity index (χ4v) is 2.78. The van der Waals surface area contributed by atoms with E-state index in [1.165, 1.54) is 23.5 Å². The number of fused-ring (bicyclic) bond motifs is 1.